The number of ether oxygens (including phenoxy) is 1. The Hall–Kier alpha value is -1.10. The van der Waals surface area contributed by atoms with E-state index in [-0.39, 0.29) is 11.8 Å². The molecule has 2 aliphatic rings. The molecule has 19 heavy (non-hydrogen) atoms. The van der Waals surface area contributed by atoms with Gasteiger partial charge in [-0.15, -0.1) is 0 Å². The summed E-state index contributed by atoms with van der Waals surface area (Å²) < 4.78 is 5.39. The van der Waals surface area contributed by atoms with Crippen molar-refractivity contribution < 1.29 is 19.4 Å². The Kier molecular flexibility index (Phi) is 4.13. The third-order valence-electron chi connectivity index (χ3n) is 4.71. The molecule has 1 unspecified atom stereocenters. The lowest BCUT2D eigenvalue weighted by atomic mass is 9.74. The lowest BCUT2D eigenvalue weighted by molar-refractivity contribution is -0.157. The maximum Gasteiger partial charge on any atom is 0.311 e. The predicted molar refractivity (Wildman–Crippen MR) is 69.6 cm³/mol. The Morgan fingerprint density at radius 3 is 2.84 bits per heavy atom. The first-order chi connectivity index (χ1) is 8.99. The van der Waals surface area contributed by atoms with Crippen molar-refractivity contribution in [2.75, 3.05) is 26.3 Å². The summed E-state index contributed by atoms with van der Waals surface area (Å²) in [6, 6.07) is 0. The minimum absolute atomic E-state index is 0.0559. The fraction of sp³-hybridized carbons (Fsp3) is 0.857. The first-order valence-corrected chi connectivity index (χ1v) is 7.08. The Morgan fingerprint density at radius 2 is 2.26 bits per heavy atom. The summed E-state index contributed by atoms with van der Waals surface area (Å²) in [6.07, 6.45) is 2.00. The van der Waals surface area contributed by atoms with Gasteiger partial charge < -0.3 is 14.7 Å². The minimum atomic E-state index is -0.778. The summed E-state index contributed by atoms with van der Waals surface area (Å²) in [6.45, 7) is 5.94. The zero-order chi connectivity index (χ0) is 14.0. The minimum Gasteiger partial charge on any atom is -0.481 e. The van der Waals surface area contributed by atoms with Crippen LogP contribution >= 0.6 is 0 Å². The average molecular weight is 269 g/mol. The highest BCUT2D eigenvalue weighted by Gasteiger charge is 2.54. The average Bonchev–Trinajstić information content (AvgIpc) is 2.79. The van der Waals surface area contributed by atoms with Gasteiger partial charge in [0.15, 0.2) is 0 Å². The molecule has 1 N–H and O–H groups in total. The molecule has 0 bridgehead atoms. The fourth-order valence-corrected chi connectivity index (χ4v) is 3.06. The number of fused-ring (bicyclic) bond motifs is 1. The predicted octanol–water partition coefficient (Wildman–Crippen LogP) is 1.37. The molecule has 2 rings (SSSR count). The molecule has 108 valence electrons. The molecule has 0 aromatic carbocycles. The summed E-state index contributed by atoms with van der Waals surface area (Å²) in [7, 11) is 0. The number of carbonyl (C=O) groups is 2. The van der Waals surface area contributed by atoms with Gasteiger partial charge in [-0.1, -0.05) is 20.3 Å². The van der Waals surface area contributed by atoms with Gasteiger partial charge in [-0.05, 0) is 12.3 Å². The van der Waals surface area contributed by atoms with Crippen LogP contribution in [0.4, 0.5) is 0 Å². The van der Waals surface area contributed by atoms with Crippen LogP contribution in [-0.4, -0.2) is 48.2 Å². The Balaban J connectivity index is 2.07. The van der Waals surface area contributed by atoms with Gasteiger partial charge >= 0.3 is 5.97 Å². The summed E-state index contributed by atoms with van der Waals surface area (Å²) >= 11 is 0. The topological polar surface area (TPSA) is 66.8 Å². The van der Waals surface area contributed by atoms with Gasteiger partial charge in [0.2, 0.25) is 5.91 Å². The SMILES string of the molecule is CCC(C)CC(=O)N1C[C@H]2COCC[C@@]2(C(=O)O)C1. The number of nitrogens with zero attached hydrogens (tertiary/aromatic N) is 1. The monoisotopic (exact) mass is 269 g/mol. The van der Waals surface area contributed by atoms with Gasteiger partial charge in [0.1, 0.15) is 0 Å². The molecule has 2 heterocycles. The third kappa shape index (κ3) is 2.61. The summed E-state index contributed by atoms with van der Waals surface area (Å²) in [5, 5.41) is 9.53. The van der Waals surface area contributed by atoms with Crippen molar-refractivity contribution in [2.24, 2.45) is 17.3 Å². The molecule has 0 aromatic heterocycles. The maximum atomic E-state index is 12.2. The molecule has 0 aliphatic carbocycles. The molecule has 1 amide bonds. The largest absolute Gasteiger partial charge is 0.481 e. The van der Waals surface area contributed by atoms with Crippen molar-refractivity contribution in [3.05, 3.63) is 0 Å². The number of aliphatic carboxylic acids is 1. The molecule has 0 spiro atoms. The fourth-order valence-electron chi connectivity index (χ4n) is 3.06. The van der Waals surface area contributed by atoms with Crippen LogP contribution in [0.25, 0.3) is 0 Å². The van der Waals surface area contributed by atoms with E-state index in [1.54, 1.807) is 4.90 Å². The number of likely N-dealkylation sites (tertiary alicyclic amines) is 1. The summed E-state index contributed by atoms with van der Waals surface area (Å²) in [5.41, 5.74) is -0.774. The molecule has 2 aliphatic heterocycles. The Morgan fingerprint density at radius 1 is 1.53 bits per heavy atom. The van der Waals surface area contributed by atoms with E-state index in [2.05, 4.69) is 13.8 Å². The van der Waals surface area contributed by atoms with Crippen molar-refractivity contribution >= 4 is 11.9 Å². The second-order valence-corrected chi connectivity index (χ2v) is 5.97. The number of hydrogen-bond donors (Lipinski definition) is 1. The van der Waals surface area contributed by atoms with Crippen molar-refractivity contribution in [3.63, 3.8) is 0 Å². The highest BCUT2D eigenvalue weighted by atomic mass is 16.5. The number of carboxylic acid groups (broad SMARTS) is 1. The van der Waals surface area contributed by atoms with Crippen LogP contribution < -0.4 is 0 Å². The zero-order valence-corrected chi connectivity index (χ0v) is 11.7. The normalized spacial score (nSPS) is 31.9. The van der Waals surface area contributed by atoms with Crippen LogP contribution in [0.2, 0.25) is 0 Å². The molecule has 0 radical (unpaired) electrons. The molecular formula is C14H23NO4. The van der Waals surface area contributed by atoms with Gasteiger partial charge in [0, 0.05) is 32.0 Å². The number of carbonyl (C=O) groups excluding carboxylic acids is 1. The first-order valence-electron chi connectivity index (χ1n) is 7.08. The number of amides is 1. The third-order valence-corrected chi connectivity index (χ3v) is 4.71. The zero-order valence-electron chi connectivity index (χ0n) is 11.7. The van der Waals surface area contributed by atoms with Crippen molar-refractivity contribution in [3.8, 4) is 0 Å². The molecule has 2 saturated heterocycles. The molecule has 3 atom stereocenters. The van der Waals surface area contributed by atoms with Crippen molar-refractivity contribution in [1.82, 2.24) is 4.90 Å². The molecular weight excluding hydrogens is 246 g/mol. The van der Waals surface area contributed by atoms with Crippen LogP contribution in [0.15, 0.2) is 0 Å². The summed E-state index contributed by atoms with van der Waals surface area (Å²) in [5.74, 6) is -0.393. The maximum absolute atomic E-state index is 12.2. The van der Waals surface area contributed by atoms with E-state index in [1.807, 2.05) is 0 Å². The van der Waals surface area contributed by atoms with E-state index in [9.17, 15) is 14.7 Å². The van der Waals surface area contributed by atoms with Gasteiger partial charge in [0.25, 0.3) is 0 Å². The van der Waals surface area contributed by atoms with E-state index in [0.29, 0.717) is 45.1 Å². The van der Waals surface area contributed by atoms with Crippen LogP contribution in [0.5, 0.6) is 0 Å². The molecule has 5 heteroatoms. The van der Waals surface area contributed by atoms with E-state index < -0.39 is 11.4 Å². The second-order valence-electron chi connectivity index (χ2n) is 5.97. The molecule has 5 nitrogen and oxygen atoms in total. The highest BCUT2D eigenvalue weighted by molar-refractivity contribution is 5.81. The number of carboxylic acids is 1. The van der Waals surface area contributed by atoms with E-state index in [1.165, 1.54) is 0 Å². The molecule has 0 aromatic rings. The van der Waals surface area contributed by atoms with Gasteiger partial charge in [-0.2, -0.15) is 0 Å². The van der Waals surface area contributed by atoms with Crippen molar-refractivity contribution in [2.45, 2.75) is 33.1 Å². The lowest BCUT2D eigenvalue weighted by Crippen LogP contribution is -2.45. The van der Waals surface area contributed by atoms with Crippen LogP contribution in [-0.2, 0) is 14.3 Å². The van der Waals surface area contributed by atoms with E-state index >= 15 is 0 Å². The Labute approximate surface area is 113 Å². The van der Waals surface area contributed by atoms with Gasteiger partial charge in [-0.25, -0.2) is 0 Å². The van der Waals surface area contributed by atoms with E-state index in [0.717, 1.165) is 6.42 Å². The summed E-state index contributed by atoms with van der Waals surface area (Å²) in [4.78, 5) is 25.6. The quantitative estimate of drug-likeness (QED) is 0.837. The second kappa shape index (κ2) is 5.49. The first kappa shape index (κ1) is 14.3. The lowest BCUT2D eigenvalue weighted by Gasteiger charge is -2.33. The highest BCUT2D eigenvalue weighted by Crippen LogP contribution is 2.42. The Bertz CT molecular complexity index is 370. The van der Waals surface area contributed by atoms with Crippen LogP contribution in [0.1, 0.15) is 33.1 Å². The number of rotatable bonds is 4. The smallest absolute Gasteiger partial charge is 0.311 e. The van der Waals surface area contributed by atoms with E-state index in [4.69, 9.17) is 4.74 Å². The number of hydrogen-bond acceptors (Lipinski definition) is 3. The van der Waals surface area contributed by atoms with Crippen LogP contribution in [0, 0.1) is 17.3 Å². The standard InChI is InChI=1S/C14H23NO4/c1-3-10(2)6-12(16)15-7-11-8-19-5-4-14(11,9-15)13(17)18/h10-11H,3-9H2,1-2H3,(H,17,18)/t10?,11-,14+/m0/s1. The van der Waals surface area contributed by atoms with Crippen molar-refractivity contribution in [1.29, 1.82) is 0 Å². The van der Waals surface area contributed by atoms with Crippen LogP contribution in [0.3, 0.4) is 0 Å². The molecule has 2 fully saturated rings. The molecule has 0 saturated carbocycles. The van der Waals surface area contributed by atoms with Gasteiger partial charge in [-0.3, -0.25) is 9.59 Å². The van der Waals surface area contributed by atoms with Gasteiger partial charge in [0.05, 0.1) is 12.0 Å².